The molecule has 0 aliphatic rings. The normalized spacial score (nSPS) is 11.9. The van der Waals surface area contributed by atoms with Crippen LogP contribution in [0.4, 0.5) is 0 Å². The van der Waals surface area contributed by atoms with E-state index in [1.54, 1.807) is 7.11 Å². The fourth-order valence-corrected chi connectivity index (χ4v) is 8.87. The van der Waals surface area contributed by atoms with Gasteiger partial charge in [0, 0.05) is 0 Å². The molecule has 0 spiro atoms. The number of ether oxygens (including phenoxy) is 1. The van der Waals surface area contributed by atoms with Gasteiger partial charge in [-0.15, -0.1) is 0 Å². The molecule has 0 aliphatic carbocycles. The first-order chi connectivity index (χ1) is 15.2. The van der Waals surface area contributed by atoms with Crippen LogP contribution in [0.3, 0.4) is 0 Å². The third kappa shape index (κ3) is 5.14. The molecular formula is C29H30BrOP. The minimum atomic E-state index is -1.78. The molecule has 0 aliphatic heterocycles. The van der Waals surface area contributed by atoms with Crippen molar-refractivity contribution in [1.29, 1.82) is 0 Å². The quantitative estimate of drug-likeness (QED) is 0.335. The molecule has 0 bridgehead atoms. The zero-order chi connectivity index (χ0) is 21.5. The molecule has 0 saturated carbocycles. The molecule has 4 aromatic carbocycles. The van der Waals surface area contributed by atoms with E-state index in [0.717, 1.165) is 18.3 Å². The van der Waals surface area contributed by atoms with Crippen LogP contribution in [0.1, 0.15) is 24.8 Å². The third-order valence-electron chi connectivity index (χ3n) is 6.15. The maximum absolute atomic E-state index is 5.47. The van der Waals surface area contributed by atoms with E-state index in [-0.39, 0.29) is 17.0 Å². The lowest BCUT2D eigenvalue weighted by molar-refractivity contribution is -0.00000644. The van der Waals surface area contributed by atoms with Gasteiger partial charge in [-0.2, -0.15) is 0 Å². The van der Waals surface area contributed by atoms with Crippen molar-refractivity contribution in [3.8, 4) is 5.75 Å². The van der Waals surface area contributed by atoms with Crippen LogP contribution in [-0.4, -0.2) is 13.3 Å². The Morgan fingerprint density at radius 2 is 1.12 bits per heavy atom. The second-order valence-electron chi connectivity index (χ2n) is 8.01. The van der Waals surface area contributed by atoms with Crippen molar-refractivity contribution in [2.75, 3.05) is 13.3 Å². The zero-order valence-corrected chi connectivity index (χ0v) is 21.2. The summed E-state index contributed by atoms with van der Waals surface area (Å²) in [6.07, 6.45) is 2.24. The van der Waals surface area contributed by atoms with Crippen LogP contribution in [-0.2, 0) is 0 Å². The topological polar surface area (TPSA) is 9.23 Å². The molecule has 4 aromatic rings. The second kappa shape index (κ2) is 11.5. The fourth-order valence-electron chi connectivity index (χ4n) is 4.38. The third-order valence-corrected chi connectivity index (χ3v) is 10.6. The van der Waals surface area contributed by atoms with Crippen molar-refractivity contribution < 1.29 is 21.7 Å². The maximum atomic E-state index is 5.47. The molecule has 0 amide bonds. The summed E-state index contributed by atoms with van der Waals surface area (Å²) in [5.41, 5.74) is 1.34. The summed E-state index contributed by atoms with van der Waals surface area (Å²) in [6.45, 7) is 2.34. The van der Waals surface area contributed by atoms with E-state index < -0.39 is 7.26 Å². The predicted molar refractivity (Wildman–Crippen MR) is 136 cm³/mol. The number of halogens is 1. The van der Waals surface area contributed by atoms with E-state index in [2.05, 4.69) is 116 Å². The van der Waals surface area contributed by atoms with Crippen LogP contribution in [0, 0.1) is 0 Å². The summed E-state index contributed by atoms with van der Waals surface area (Å²) in [5, 5.41) is 4.35. The van der Waals surface area contributed by atoms with Crippen LogP contribution in [0.15, 0.2) is 115 Å². The summed E-state index contributed by atoms with van der Waals surface area (Å²) in [6, 6.07) is 41.9. The van der Waals surface area contributed by atoms with Gasteiger partial charge in [-0.25, -0.2) is 0 Å². The Bertz CT molecular complexity index is 987. The summed E-state index contributed by atoms with van der Waals surface area (Å²) in [5.74, 6) is 1.38. The molecule has 0 radical (unpaired) electrons. The molecule has 3 heteroatoms. The van der Waals surface area contributed by atoms with Crippen LogP contribution in [0.25, 0.3) is 0 Å². The van der Waals surface area contributed by atoms with Gasteiger partial charge in [-0.1, -0.05) is 73.7 Å². The molecule has 164 valence electrons. The van der Waals surface area contributed by atoms with Crippen molar-refractivity contribution in [2.45, 2.75) is 19.3 Å². The van der Waals surface area contributed by atoms with Gasteiger partial charge < -0.3 is 21.7 Å². The van der Waals surface area contributed by atoms with Gasteiger partial charge in [0.1, 0.15) is 28.9 Å². The van der Waals surface area contributed by atoms with Crippen molar-refractivity contribution >= 4 is 23.2 Å². The Balaban J connectivity index is 0.00000289. The summed E-state index contributed by atoms with van der Waals surface area (Å²) >= 11 is 0. The molecule has 1 unspecified atom stereocenters. The van der Waals surface area contributed by atoms with Gasteiger partial charge in [-0.3, -0.25) is 0 Å². The van der Waals surface area contributed by atoms with Crippen molar-refractivity contribution in [3.63, 3.8) is 0 Å². The Morgan fingerprint density at radius 1 is 0.656 bits per heavy atom. The molecule has 0 heterocycles. The SMILES string of the molecule is COc1cccc(C(C)CC[P+](c2ccccc2)(c2ccccc2)c2ccccc2)c1.[Br-]. The minimum Gasteiger partial charge on any atom is -1.00 e. The Morgan fingerprint density at radius 3 is 1.56 bits per heavy atom. The first-order valence-electron chi connectivity index (χ1n) is 10.9. The van der Waals surface area contributed by atoms with Gasteiger partial charge in [0.05, 0.1) is 13.3 Å². The fraction of sp³-hybridized carbons (Fsp3) is 0.172. The molecule has 4 rings (SSSR count). The summed E-state index contributed by atoms with van der Waals surface area (Å²) < 4.78 is 5.47. The highest BCUT2D eigenvalue weighted by atomic mass is 79.9. The molecule has 1 nitrogen and oxygen atoms in total. The second-order valence-corrected chi connectivity index (χ2v) is 11.6. The standard InChI is InChI=1S/C29H30OP.BrH/c1-24(25-13-12-14-26(23-25)30-2)21-22-31(27-15-6-3-7-16-27,28-17-8-4-9-18-28)29-19-10-5-11-20-29;/h3-20,23-24H,21-22H2,1-2H3;1H/q+1;/p-1. The van der Waals surface area contributed by atoms with E-state index in [4.69, 9.17) is 4.74 Å². The highest BCUT2D eigenvalue weighted by molar-refractivity contribution is 7.95. The summed E-state index contributed by atoms with van der Waals surface area (Å²) in [7, 11) is -0.0410. The highest BCUT2D eigenvalue weighted by Crippen LogP contribution is 2.56. The van der Waals surface area contributed by atoms with Gasteiger partial charge >= 0.3 is 0 Å². The lowest BCUT2D eigenvalue weighted by atomic mass is 9.98. The number of methoxy groups -OCH3 is 1. The van der Waals surface area contributed by atoms with Crippen LogP contribution in [0.2, 0.25) is 0 Å². The first kappa shape index (κ1) is 24.2. The van der Waals surface area contributed by atoms with E-state index in [9.17, 15) is 0 Å². The van der Waals surface area contributed by atoms with Gasteiger partial charge in [0.15, 0.2) is 0 Å². The Hall–Kier alpha value is -2.41. The van der Waals surface area contributed by atoms with Crippen molar-refractivity contribution in [3.05, 3.63) is 121 Å². The molecule has 0 saturated heterocycles. The Kier molecular flexibility index (Phi) is 8.67. The summed E-state index contributed by atoms with van der Waals surface area (Å²) in [4.78, 5) is 0. The van der Waals surface area contributed by atoms with Gasteiger partial charge in [0.25, 0.3) is 0 Å². The zero-order valence-electron chi connectivity index (χ0n) is 18.7. The molecule has 0 fully saturated rings. The molecule has 0 N–H and O–H groups in total. The number of hydrogen-bond acceptors (Lipinski definition) is 1. The maximum Gasteiger partial charge on any atom is 0.119 e. The minimum absolute atomic E-state index is 0. The lowest BCUT2D eigenvalue weighted by Crippen LogP contribution is -3.00. The number of rotatable bonds is 8. The Labute approximate surface area is 203 Å². The van der Waals surface area contributed by atoms with Crippen LogP contribution < -0.4 is 37.6 Å². The van der Waals surface area contributed by atoms with E-state index in [0.29, 0.717) is 5.92 Å². The number of hydrogen-bond donors (Lipinski definition) is 0. The van der Waals surface area contributed by atoms with E-state index in [1.807, 2.05) is 6.07 Å². The van der Waals surface area contributed by atoms with Crippen LogP contribution >= 0.6 is 7.26 Å². The molecular weight excluding hydrogens is 475 g/mol. The van der Waals surface area contributed by atoms with Crippen LogP contribution in [0.5, 0.6) is 5.75 Å². The first-order valence-corrected chi connectivity index (χ1v) is 12.9. The molecule has 0 aromatic heterocycles. The largest absolute Gasteiger partial charge is 1.00 e. The average molecular weight is 505 g/mol. The molecule has 32 heavy (non-hydrogen) atoms. The van der Waals surface area contributed by atoms with E-state index >= 15 is 0 Å². The number of benzene rings is 4. The monoisotopic (exact) mass is 504 g/mol. The van der Waals surface area contributed by atoms with Crippen molar-refractivity contribution in [2.24, 2.45) is 0 Å². The smallest absolute Gasteiger partial charge is 0.119 e. The predicted octanol–water partition coefficient (Wildman–Crippen LogP) is 3.19. The molecule has 1 atom stereocenters. The van der Waals surface area contributed by atoms with E-state index in [1.165, 1.54) is 21.5 Å². The highest BCUT2D eigenvalue weighted by Gasteiger charge is 2.44. The van der Waals surface area contributed by atoms with Crippen molar-refractivity contribution in [1.82, 2.24) is 0 Å². The average Bonchev–Trinajstić information content (AvgIpc) is 2.86. The lowest BCUT2D eigenvalue weighted by Gasteiger charge is -2.29. The van der Waals surface area contributed by atoms with Gasteiger partial charge in [0.2, 0.25) is 0 Å². The van der Waals surface area contributed by atoms with Gasteiger partial charge in [-0.05, 0) is 66.4 Å².